The maximum atomic E-state index is 12.8. The minimum Gasteiger partial charge on any atom is -0.493 e. The molecule has 30 heavy (non-hydrogen) atoms. The number of rotatable bonds is 6. The summed E-state index contributed by atoms with van der Waals surface area (Å²) in [6, 6.07) is 13.5. The topological polar surface area (TPSA) is 74.6 Å². The molecule has 0 aliphatic carbocycles. The van der Waals surface area contributed by atoms with E-state index < -0.39 is 0 Å². The van der Waals surface area contributed by atoms with Crippen molar-refractivity contribution in [2.45, 2.75) is 26.9 Å². The first-order valence-electron chi connectivity index (χ1n) is 9.89. The zero-order valence-electron chi connectivity index (χ0n) is 17.4. The second kappa shape index (κ2) is 8.49. The van der Waals surface area contributed by atoms with Crippen molar-refractivity contribution in [1.82, 2.24) is 15.1 Å². The number of hydrogen-bond acceptors (Lipinski definition) is 5. The molecular formula is C23H25N3O4. The quantitative estimate of drug-likeness (QED) is 0.679. The highest BCUT2D eigenvalue weighted by atomic mass is 16.6. The fourth-order valence-electron chi connectivity index (χ4n) is 3.58. The van der Waals surface area contributed by atoms with Crippen molar-refractivity contribution in [3.8, 4) is 17.2 Å². The second-order valence-corrected chi connectivity index (χ2v) is 7.18. The van der Waals surface area contributed by atoms with Crippen molar-refractivity contribution in [2.75, 3.05) is 20.3 Å². The number of aromatic nitrogens is 2. The highest BCUT2D eigenvalue weighted by Gasteiger charge is 2.21. The third kappa shape index (κ3) is 3.96. The van der Waals surface area contributed by atoms with E-state index in [-0.39, 0.29) is 5.91 Å². The first-order chi connectivity index (χ1) is 14.6. The van der Waals surface area contributed by atoms with Gasteiger partial charge in [-0.25, -0.2) is 0 Å². The molecule has 4 rings (SSSR count). The van der Waals surface area contributed by atoms with Gasteiger partial charge in [0.25, 0.3) is 5.91 Å². The fraction of sp³-hybridized carbons (Fsp3) is 0.304. The number of hydrogen-bond donors (Lipinski definition) is 1. The zero-order valence-corrected chi connectivity index (χ0v) is 17.4. The highest BCUT2D eigenvalue weighted by Crippen LogP contribution is 2.40. The van der Waals surface area contributed by atoms with Gasteiger partial charge in [0.1, 0.15) is 13.2 Å². The van der Waals surface area contributed by atoms with Gasteiger partial charge in [0, 0.05) is 23.4 Å². The van der Waals surface area contributed by atoms with Gasteiger partial charge in [-0.15, -0.1) is 0 Å². The van der Waals surface area contributed by atoms with Crippen LogP contribution in [0, 0.1) is 13.8 Å². The van der Waals surface area contributed by atoms with E-state index in [1.807, 2.05) is 36.7 Å². The number of nitrogens with zero attached hydrogens (tertiary/aromatic N) is 2. The molecule has 156 valence electrons. The number of amides is 1. The Bertz CT molecular complexity index is 1040. The summed E-state index contributed by atoms with van der Waals surface area (Å²) >= 11 is 0. The van der Waals surface area contributed by atoms with Gasteiger partial charge in [0.15, 0.2) is 11.5 Å². The summed E-state index contributed by atoms with van der Waals surface area (Å²) in [5.74, 6) is 1.34. The molecule has 7 nitrogen and oxygen atoms in total. The molecule has 2 heterocycles. The summed E-state index contributed by atoms with van der Waals surface area (Å²) in [5, 5.41) is 7.64. The van der Waals surface area contributed by atoms with Crippen molar-refractivity contribution in [3.05, 3.63) is 70.5 Å². The first-order valence-corrected chi connectivity index (χ1v) is 9.89. The fourth-order valence-corrected chi connectivity index (χ4v) is 3.58. The van der Waals surface area contributed by atoms with E-state index in [0.717, 1.165) is 17.0 Å². The Morgan fingerprint density at radius 1 is 1.17 bits per heavy atom. The zero-order chi connectivity index (χ0) is 21.1. The number of fused-ring (bicyclic) bond motifs is 1. The molecule has 2 aromatic carbocycles. The lowest BCUT2D eigenvalue weighted by Crippen LogP contribution is -2.24. The molecule has 0 spiro atoms. The van der Waals surface area contributed by atoms with Crippen molar-refractivity contribution >= 4 is 5.91 Å². The van der Waals surface area contributed by atoms with Crippen LogP contribution in [-0.2, 0) is 13.1 Å². The van der Waals surface area contributed by atoms with Crippen molar-refractivity contribution < 1.29 is 19.0 Å². The van der Waals surface area contributed by atoms with Crippen LogP contribution in [0.1, 0.15) is 32.9 Å². The van der Waals surface area contributed by atoms with Crippen molar-refractivity contribution in [1.29, 1.82) is 0 Å². The van der Waals surface area contributed by atoms with Crippen LogP contribution < -0.4 is 19.5 Å². The molecule has 0 atom stereocenters. The summed E-state index contributed by atoms with van der Waals surface area (Å²) in [7, 11) is 1.54. The van der Waals surface area contributed by atoms with Crippen LogP contribution in [0.2, 0.25) is 0 Å². The number of nitrogens with one attached hydrogen (secondary N) is 1. The Morgan fingerprint density at radius 2 is 1.93 bits per heavy atom. The number of benzene rings is 2. The number of methoxy groups -OCH3 is 1. The maximum Gasteiger partial charge on any atom is 0.251 e. The maximum absolute atomic E-state index is 12.8. The van der Waals surface area contributed by atoms with E-state index in [0.29, 0.717) is 49.1 Å². The Kier molecular flexibility index (Phi) is 5.61. The molecule has 1 N–H and O–H groups in total. The van der Waals surface area contributed by atoms with Crippen molar-refractivity contribution in [2.24, 2.45) is 0 Å². The SMILES string of the molecule is COc1cc(C(=O)NCc2c(C)nn(Cc3ccccc3)c2C)cc2c1OCCO2. The lowest BCUT2D eigenvalue weighted by molar-refractivity contribution is 0.0949. The van der Waals surface area contributed by atoms with Crippen LogP contribution in [0.25, 0.3) is 0 Å². The Balaban J connectivity index is 1.49. The van der Waals surface area contributed by atoms with Gasteiger partial charge in [0.05, 0.1) is 19.3 Å². The van der Waals surface area contributed by atoms with Crippen molar-refractivity contribution in [3.63, 3.8) is 0 Å². The molecule has 1 aliphatic rings. The molecule has 1 amide bonds. The van der Waals surface area contributed by atoms with E-state index in [1.165, 1.54) is 5.56 Å². The third-order valence-electron chi connectivity index (χ3n) is 5.22. The third-order valence-corrected chi connectivity index (χ3v) is 5.22. The summed E-state index contributed by atoms with van der Waals surface area (Å²) in [5.41, 5.74) is 4.61. The molecule has 1 aromatic heterocycles. The largest absolute Gasteiger partial charge is 0.493 e. The average Bonchev–Trinajstić information content (AvgIpc) is 3.04. The number of carbonyl (C=O) groups excluding carboxylic acids is 1. The summed E-state index contributed by atoms with van der Waals surface area (Å²) in [4.78, 5) is 12.8. The number of ether oxygens (including phenoxy) is 3. The Labute approximate surface area is 175 Å². The molecular weight excluding hydrogens is 382 g/mol. The molecule has 0 saturated carbocycles. The predicted octanol–water partition coefficient (Wildman–Crippen LogP) is 3.26. The number of carbonyl (C=O) groups is 1. The van der Waals surface area contributed by atoms with Gasteiger partial charge in [-0.3, -0.25) is 9.48 Å². The Hall–Kier alpha value is -3.48. The van der Waals surface area contributed by atoms with Crippen LogP contribution >= 0.6 is 0 Å². The van der Waals surface area contributed by atoms with Crippen LogP contribution in [0.15, 0.2) is 42.5 Å². The average molecular weight is 407 g/mol. The van der Waals surface area contributed by atoms with E-state index >= 15 is 0 Å². The molecule has 0 fully saturated rings. The summed E-state index contributed by atoms with van der Waals surface area (Å²) in [6.07, 6.45) is 0. The van der Waals surface area contributed by atoms with E-state index in [2.05, 4.69) is 22.5 Å². The van der Waals surface area contributed by atoms with Crippen LogP contribution in [0.3, 0.4) is 0 Å². The second-order valence-electron chi connectivity index (χ2n) is 7.18. The monoisotopic (exact) mass is 407 g/mol. The van der Waals surface area contributed by atoms with Crippen LogP contribution in [-0.4, -0.2) is 36.0 Å². The molecule has 0 bridgehead atoms. The van der Waals surface area contributed by atoms with Gasteiger partial charge >= 0.3 is 0 Å². The van der Waals surface area contributed by atoms with Gasteiger partial charge < -0.3 is 19.5 Å². The van der Waals surface area contributed by atoms with Gasteiger partial charge in [-0.05, 0) is 31.5 Å². The summed E-state index contributed by atoms with van der Waals surface area (Å²) < 4.78 is 18.6. The summed E-state index contributed by atoms with van der Waals surface area (Å²) in [6.45, 7) is 5.98. The standard InChI is InChI=1S/C23H25N3O4/c1-15-19(16(2)26(25-15)14-17-7-5-4-6-8-17)13-24-23(27)18-11-20(28-3)22-21(12-18)29-9-10-30-22/h4-8,11-12H,9-10,13-14H2,1-3H3,(H,24,27). The first kappa shape index (κ1) is 19.8. The number of aryl methyl sites for hydroxylation is 1. The molecule has 7 heteroatoms. The minimum absolute atomic E-state index is 0.208. The molecule has 0 saturated heterocycles. The molecule has 0 radical (unpaired) electrons. The van der Waals surface area contributed by atoms with E-state index in [4.69, 9.17) is 14.2 Å². The molecule has 3 aromatic rings. The predicted molar refractivity (Wildman–Crippen MR) is 112 cm³/mol. The van der Waals surface area contributed by atoms with Gasteiger partial charge in [-0.2, -0.15) is 5.10 Å². The highest BCUT2D eigenvalue weighted by molar-refractivity contribution is 5.95. The molecule has 1 aliphatic heterocycles. The normalized spacial score (nSPS) is 12.5. The lowest BCUT2D eigenvalue weighted by atomic mass is 10.1. The van der Waals surface area contributed by atoms with Crippen LogP contribution in [0.4, 0.5) is 0 Å². The smallest absolute Gasteiger partial charge is 0.251 e. The van der Waals surface area contributed by atoms with E-state index in [9.17, 15) is 4.79 Å². The van der Waals surface area contributed by atoms with Gasteiger partial charge in [0.2, 0.25) is 5.75 Å². The molecule has 0 unspecified atom stereocenters. The van der Waals surface area contributed by atoms with E-state index in [1.54, 1.807) is 19.2 Å². The van der Waals surface area contributed by atoms with Gasteiger partial charge in [-0.1, -0.05) is 30.3 Å². The van der Waals surface area contributed by atoms with Crippen LogP contribution in [0.5, 0.6) is 17.2 Å². The minimum atomic E-state index is -0.208. The lowest BCUT2D eigenvalue weighted by Gasteiger charge is -2.21. The Morgan fingerprint density at radius 3 is 2.70 bits per heavy atom.